The van der Waals surface area contributed by atoms with Crippen LogP contribution >= 0.6 is 11.8 Å². The summed E-state index contributed by atoms with van der Waals surface area (Å²) >= 11 is 1.30. The third-order valence-corrected chi connectivity index (χ3v) is 6.75. The van der Waals surface area contributed by atoms with Crippen LogP contribution in [-0.2, 0) is 0 Å². The Bertz CT molecular complexity index is 1620. The minimum absolute atomic E-state index is 0.0260. The fourth-order valence-electron chi connectivity index (χ4n) is 4.07. The number of carbonyl (C=O) groups excluding carboxylic acids is 1. The summed E-state index contributed by atoms with van der Waals surface area (Å²) in [5, 5.41) is 9.87. The molecule has 0 aliphatic carbocycles. The third-order valence-electron chi connectivity index (χ3n) is 5.82. The van der Waals surface area contributed by atoms with Crippen LogP contribution in [0.15, 0.2) is 76.7 Å². The summed E-state index contributed by atoms with van der Waals surface area (Å²) in [4.78, 5) is 26.4. The predicted octanol–water partition coefficient (Wildman–Crippen LogP) is 5.02. The van der Waals surface area contributed by atoms with Crippen LogP contribution in [0.25, 0.3) is 22.4 Å². The predicted molar refractivity (Wildman–Crippen MR) is 138 cm³/mol. The summed E-state index contributed by atoms with van der Waals surface area (Å²) in [6.07, 6.45) is 0. The van der Waals surface area contributed by atoms with Crippen molar-refractivity contribution in [1.82, 2.24) is 19.2 Å². The number of fused-ring (bicyclic) bond motifs is 3. The van der Waals surface area contributed by atoms with Gasteiger partial charge in [0.1, 0.15) is 5.75 Å². The average molecular weight is 485 g/mol. The van der Waals surface area contributed by atoms with Gasteiger partial charge in [-0.15, -0.1) is 10.2 Å². The van der Waals surface area contributed by atoms with Gasteiger partial charge in [0, 0.05) is 5.56 Å². The van der Waals surface area contributed by atoms with E-state index in [1.54, 1.807) is 34.9 Å². The average Bonchev–Trinajstić information content (AvgIpc) is 3.29. The van der Waals surface area contributed by atoms with Gasteiger partial charge in [-0.1, -0.05) is 36.0 Å². The smallest absolute Gasteiger partial charge is 0.267 e. The highest BCUT2D eigenvalue weighted by molar-refractivity contribution is 7.99. The van der Waals surface area contributed by atoms with Gasteiger partial charge in [-0.2, -0.15) is 0 Å². The fourth-order valence-corrected chi connectivity index (χ4v) is 4.90. The lowest BCUT2D eigenvalue weighted by molar-refractivity contribution is 0.102. The number of rotatable bonds is 7. The molecule has 8 heteroatoms. The highest BCUT2D eigenvalue weighted by Crippen LogP contribution is 2.25. The van der Waals surface area contributed by atoms with Crippen LogP contribution in [0, 0.1) is 13.8 Å². The van der Waals surface area contributed by atoms with Crippen molar-refractivity contribution < 1.29 is 9.53 Å². The van der Waals surface area contributed by atoms with Gasteiger partial charge < -0.3 is 4.74 Å². The van der Waals surface area contributed by atoms with E-state index in [4.69, 9.17) is 4.74 Å². The number of benzene rings is 3. The van der Waals surface area contributed by atoms with E-state index in [0.717, 1.165) is 22.6 Å². The number of aromatic nitrogens is 4. The topological polar surface area (TPSA) is 78.5 Å². The van der Waals surface area contributed by atoms with E-state index >= 15 is 0 Å². The number of thioether (sulfide) groups is 1. The van der Waals surface area contributed by atoms with E-state index in [-0.39, 0.29) is 17.1 Å². The van der Waals surface area contributed by atoms with Gasteiger partial charge in [-0.3, -0.25) is 14.0 Å². The number of aryl methyl sites for hydroxylation is 2. The number of carbonyl (C=O) groups is 1. The van der Waals surface area contributed by atoms with E-state index in [1.807, 2.05) is 61.6 Å². The zero-order valence-electron chi connectivity index (χ0n) is 19.7. The van der Waals surface area contributed by atoms with Crippen LogP contribution in [0.4, 0.5) is 0 Å². The number of hydrogen-bond donors (Lipinski definition) is 0. The van der Waals surface area contributed by atoms with Crippen LogP contribution in [0.3, 0.4) is 0 Å². The monoisotopic (exact) mass is 484 g/mol. The summed E-state index contributed by atoms with van der Waals surface area (Å²) < 4.78 is 8.92. The first-order valence-electron chi connectivity index (χ1n) is 11.3. The van der Waals surface area contributed by atoms with Crippen molar-refractivity contribution in [2.45, 2.75) is 25.9 Å². The minimum Gasteiger partial charge on any atom is -0.494 e. The Labute approximate surface area is 206 Å². The van der Waals surface area contributed by atoms with Crippen molar-refractivity contribution in [1.29, 1.82) is 0 Å². The maximum absolute atomic E-state index is 13.6. The Morgan fingerprint density at radius 2 is 1.77 bits per heavy atom. The normalized spacial score (nSPS) is 11.3. The molecule has 0 aliphatic rings. The Morgan fingerprint density at radius 3 is 2.54 bits per heavy atom. The molecule has 0 bridgehead atoms. The SMILES string of the molecule is CCOc1ccc(C(=O)CSc2nnc3n(-c4cc(C)ccc4C)c(=O)c4ccccc4n23)cc1. The van der Waals surface area contributed by atoms with Gasteiger partial charge in [0.15, 0.2) is 10.9 Å². The van der Waals surface area contributed by atoms with Gasteiger partial charge in [0.05, 0.1) is 29.0 Å². The molecule has 0 N–H and O–H groups in total. The molecule has 0 amide bonds. The largest absolute Gasteiger partial charge is 0.494 e. The highest BCUT2D eigenvalue weighted by Gasteiger charge is 2.20. The van der Waals surface area contributed by atoms with Crippen LogP contribution in [-0.4, -0.2) is 37.3 Å². The molecule has 5 rings (SSSR count). The van der Waals surface area contributed by atoms with E-state index in [0.29, 0.717) is 34.0 Å². The highest BCUT2D eigenvalue weighted by atomic mass is 32.2. The number of nitrogens with zero attached hydrogens (tertiary/aromatic N) is 4. The molecule has 35 heavy (non-hydrogen) atoms. The molecule has 0 saturated carbocycles. The number of ketones is 1. The lowest BCUT2D eigenvalue weighted by atomic mass is 10.1. The second-order valence-corrected chi connectivity index (χ2v) is 9.18. The summed E-state index contributed by atoms with van der Waals surface area (Å²) in [5.41, 5.74) is 3.91. The molecule has 3 aromatic carbocycles. The Balaban J connectivity index is 1.58. The number of hydrogen-bond acceptors (Lipinski definition) is 6. The first-order valence-corrected chi connectivity index (χ1v) is 12.3. The maximum Gasteiger partial charge on any atom is 0.267 e. The maximum atomic E-state index is 13.6. The number of ether oxygens (including phenoxy) is 1. The summed E-state index contributed by atoms with van der Waals surface area (Å²) in [6, 6.07) is 20.5. The lowest BCUT2D eigenvalue weighted by Gasteiger charge is -2.14. The molecule has 176 valence electrons. The molecule has 0 saturated heterocycles. The van der Waals surface area contributed by atoms with Gasteiger partial charge in [0.2, 0.25) is 5.78 Å². The van der Waals surface area contributed by atoms with Gasteiger partial charge in [-0.05, 0) is 74.4 Å². The van der Waals surface area contributed by atoms with Gasteiger partial charge in [-0.25, -0.2) is 4.57 Å². The van der Waals surface area contributed by atoms with Crippen LogP contribution in [0.5, 0.6) is 5.75 Å². The lowest BCUT2D eigenvalue weighted by Crippen LogP contribution is -2.22. The molecular formula is C27H24N4O3S. The van der Waals surface area contributed by atoms with Crippen molar-refractivity contribution >= 4 is 34.2 Å². The van der Waals surface area contributed by atoms with Crippen molar-refractivity contribution in [2.75, 3.05) is 12.4 Å². The van der Waals surface area contributed by atoms with Crippen molar-refractivity contribution in [2.24, 2.45) is 0 Å². The summed E-state index contributed by atoms with van der Waals surface area (Å²) in [5.74, 6) is 1.31. The van der Waals surface area contributed by atoms with E-state index in [2.05, 4.69) is 10.2 Å². The Hall–Kier alpha value is -3.91. The van der Waals surface area contributed by atoms with Gasteiger partial charge in [0.25, 0.3) is 5.56 Å². The zero-order valence-corrected chi connectivity index (χ0v) is 20.5. The minimum atomic E-state index is -0.156. The molecule has 0 unspecified atom stereocenters. The molecule has 0 aliphatic heterocycles. The molecule has 0 atom stereocenters. The first kappa shape index (κ1) is 22.9. The Morgan fingerprint density at radius 1 is 1.00 bits per heavy atom. The summed E-state index contributed by atoms with van der Waals surface area (Å²) in [6.45, 7) is 6.45. The zero-order chi connectivity index (χ0) is 24.5. The molecule has 7 nitrogen and oxygen atoms in total. The van der Waals surface area contributed by atoms with Gasteiger partial charge >= 0.3 is 0 Å². The van der Waals surface area contributed by atoms with Crippen LogP contribution in [0.2, 0.25) is 0 Å². The fraction of sp³-hybridized carbons (Fsp3) is 0.185. The number of Topliss-reactive ketones (excluding diaryl/α,β-unsaturated/α-hetero) is 1. The molecular weight excluding hydrogens is 460 g/mol. The molecule has 0 radical (unpaired) electrons. The third kappa shape index (κ3) is 4.21. The van der Waals surface area contributed by atoms with Crippen LogP contribution < -0.4 is 10.3 Å². The van der Waals surface area contributed by atoms with E-state index in [1.165, 1.54) is 11.8 Å². The summed E-state index contributed by atoms with van der Waals surface area (Å²) in [7, 11) is 0. The second kappa shape index (κ2) is 9.38. The molecule has 2 heterocycles. The molecule has 0 fully saturated rings. The second-order valence-electron chi connectivity index (χ2n) is 8.23. The van der Waals surface area contributed by atoms with E-state index < -0.39 is 0 Å². The molecule has 5 aromatic rings. The van der Waals surface area contributed by atoms with Crippen molar-refractivity contribution in [3.05, 3.63) is 93.8 Å². The standard InChI is InChI=1S/C27H24N4O3S/c1-4-34-20-13-11-19(12-14-20)24(32)16-35-27-29-28-26-30(23-15-17(2)9-10-18(23)3)25(33)21-7-5-6-8-22(21)31(26)27/h5-15H,4,16H2,1-3H3. The van der Waals surface area contributed by atoms with Crippen molar-refractivity contribution in [3.8, 4) is 11.4 Å². The Kier molecular flexibility index (Phi) is 6.13. The van der Waals surface area contributed by atoms with Crippen molar-refractivity contribution in [3.63, 3.8) is 0 Å². The molecule has 2 aromatic heterocycles. The molecule has 0 spiro atoms. The van der Waals surface area contributed by atoms with E-state index in [9.17, 15) is 9.59 Å². The van der Waals surface area contributed by atoms with Crippen LogP contribution in [0.1, 0.15) is 28.4 Å². The number of para-hydroxylation sites is 1. The first-order chi connectivity index (χ1) is 17.0. The quantitative estimate of drug-likeness (QED) is 0.238.